The van der Waals surface area contributed by atoms with Gasteiger partial charge < -0.3 is 0 Å². The van der Waals surface area contributed by atoms with E-state index < -0.39 is 17.5 Å². The lowest BCUT2D eigenvalue weighted by molar-refractivity contribution is 0.102. The first-order valence-corrected chi connectivity index (χ1v) is 7.46. The number of carbonyl (C=O) groups is 1. The molecule has 0 aliphatic carbocycles. The molecular formula is C14H15F2N3OS. The van der Waals surface area contributed by atoms with Gasteiger partial charge in [-0.25, -0.2) is 8.78 Å². The molecule has 1 aromatic carbocycles. The molecule has 0 saturated heterocycles. The Labute approximate surface area is 125 Å². The van der Waals surface area contributed by atoms with Crippen LogP contribution in [0, 0.1) is 11.6 Å². The molecule has 21 heavy (non-hydrogen) atoms. The van der Waals surface area contributed by atoms with Gasteiger partial charge in [-0.2, -0.15) is 0 Å². The molecular weight excluding hydrogens is 296 g/mol. The molecule has 1 aromatic heterocycles. The number of benzene rings is 1. The molecule has 0 atom stereocenters. The number of rotatable bonds is 5. The van der Waals surface area contributed by atoms with E-state index >= 15 is 0 Å². The van der Waals surface area contributed by atoms with Crippen molar-refractivity contribution < 1.29 is 13.6 Å². The van der Waals surface area contributed by atoms with E-state index in [9.17, 15) is 13.6 Å². The highest BCUT2D eigenvalue weighted by molar-refractivity contribution is 7.15. The van der Waals surface area contributed by atoms with Crippen molar-refractivity contribution in [2.75, 3.05) is 5.32 Å². The van der Waals surface area contributed by atoms with Crippen LogP contribution in [0.2, 0.25) is 0 Å². The van der Waals surface area contributed by atoms with Gasteiger partial charge in [0.2, 0.25) is 5.13 Å². The summed E-state index contributed by atoms with van der Waals surface area (Å²) in [7, 11) is 0. The van der Waals surface area contributed by atoms with Crippen molar-refractivity contribution in [2.45, 2.75) is 32.6 Å². The summed E-state index contributed by atoms with van der Waals surface area (Å²) in [6.45, 7) is 4.13. The summed E-state index contributed by atoms with van der Waals surface area (Å²) in [5.41, 5.74) is 0.0354. The maximum Gasteiger partial charge on any atom is 0.257 e. The summed E-state index contributed by atoms with van der Waals surface area (Å²) in [6, 6.07) is 2.99. The Balaban J connectivity index is 2.11. The van der Waals surface area contributed by atoms with Gasteiger partial charge in [-0.15, -0.1) is 10.2 Å². The summed E-state index contributed by atoms with van der Waals surface area (Å²) in [5, 5.41) is 11.7. The van der Waals surface area contributed by atoms with Crippen molar-refractivity contribution in [1.29, 1.82) is 0 Å². The Kier molecular flexibility index (Phi) is 4.95. The molecule has 0 saturated carbocycles. The average molecular weight is 311 g/mol. The van der Waals surface area contributed by atoms with E-state index in [1.807, 2.05) is 0 Å². The Morgan fingerprint density at radius 2 is 1.95 bits per heavy atom. The molecule has 1 N–H and O–H groups in total. The van der Waals surface area contributed by atoms with Crippen molar-refractivity contribution in [2.24, 2.45) is 0 Å². The summed E-state index contributed by atoms with van der Waals surface area (Å²) in [5.74, 6) is -2.27. The molecule has 2 rings (SSSR count). The molecule has 2 aromatic rings. The standard InChI is InChI=1S/C14H15F2N3OS/c1-3-8(4-2)13-18-19-14(21-13)17-12(20)9-5-6-10(15)11(16)7-9/h5-8H,3-4H2,1-2H3,(H,17,19,20). The second kappa shape index (κ2) is 6.71. The van der Waals surface area contributed by atoms with E-state index in [2.05, 4.69) is 29.4 Å². The van der Waals surface area contributed by atoms with Crippen LogP contribution in [0.5, 0.6) is 0 Å². The normalized spacial score (nSPS) is 10.9. The topological polar surface area (TPSA) is 54.9 Å². The molecule has 0 radical (unpaired) electrons. The summed E-state index contributed by atoms with van der Waals surface area (Å²) >= 11 is 1.30. The molecule has 0 bridgehead atoms. The number of amides is 1. The van der Waals surface area contributed by atoms with Crippen LogP contribution in [0.1, 0.15) is 48.0 Å². The van der Waals surface area contributed by atoms with Crippen LogP contribution in [0.4, 0.5) is 13.9 Å². The largest absolute Gasteiger partial charge is 0.296 e. The zero-order valence-electron chi connectivity index (χ0n) is 11.7. The van der Waals surface area contributed by atoms with Crippen LogP contribution < -0.4 is 5.32 Å². The van der Waals surface area contributed by atoms with Gasteiger partial charge in [0, 0.05) is 11.5 Å². The molecule has 0 fully saturated rings. The van der Waals surface area contributed by atoms with Crippen LogP contribution >= 0.6 is 11.3 Å². The summed E-state index contributed by atoms with van der Waals surface area (Å²) in [4.78, 5) is 11.9. The molecule has 1 heterocycles. The first-order chi connectivity index (χ1) is 10.0. The van der Waals surface area contributed by atoms with Gasteiger partial charge in [-0.05, 0) is 31.0 Å². The number of nitrogens with one attached hydrogen (secondary N) is 1. The van der Waals surface area contributed by atoms with Gasteiger partial charge >= 0.3 is 0 Å². The number of halogens is 2. The maximum absolute atomic E-state index is 13.1. The highest BCUT2D eigenvalue weighted by Crippen LogP contribution is 2.28. The lowest BCUT2D eigenvalue weighted by Crippen LogP contribution is -2.12. The number of aromatic nitrogens is 2. The number of hydrogen-bond donors (Lipinski definition) is 1. The van der Waals surface area contributed by atoms with Crippen molar-refractivity contribution in [3.63, 3.8) is 0 Å². The molecule has 112 valence electrons. The quantitative estimate of drug-likeness (QED) is 0.909. The smallest absolute Gasteiger partial charge is 0.257 e. The Bertz CT molecular complexity index is 641. The van der Waals surface area contributed by atoms with E-state index in [0.717, 1.165) is 30.0 Å². The van der Waals surface area contributed by atoms with Crippen LogP contribution in [0.15, 0.2) is 18.2 Å². The van der Waals surface area contributed by atoms with Crippen LogP contribution in [0.25, 0.3) is 0 Å². The highest BCUT2D eigenvalue weighted by atomic mass is 32.1. The highest BCUT2D eigenvalue weighted by Gasteiger charge is 2.16. The molecule has 1 amide bonds. The van der Waals surface area contributed by atoms with E-state index in [1.165, 1.54) is 17.4 Å². The third kappa shape index (κ3) is 3.60. The zero-order valence-corrected chi connectivity index (χ0v) is 12.5. The molecule has 0 unspecified atom stereocenters. The van der Waals surface area contributed by atoms with Gasteiger partial charge in [0.15, 0.2) is 11.6 Å². The number of carbonyl (C=O) groups excluding carboxylic acids is 1. The van der Waals surface area contributed by atoms with E-state index in [4.69, 9.17) is 0 Å². The minimum absolute atomic E-state index is 0.0354. The lowest BCUT2D eigenvalue weighted by atomic mass is 10.1. The molecule has 4 nitrogen and oxygen atoms in total. The monoisotopic (exact) mass is 311 g/mol. The fraction of sp³-hybridized carbons (Fsp3) is 0.357. The lowest BCUT2D eigenvalue weighted by Gasteiger charge is -2.05. The fourth-order valence-electron chi connectivity index (χ4n) is 1.89. The van der Waals surface area contributed by atoms with E-state index in [0.29, 0.717) is 11.0 Å². The Hall–Kier alpha value is -1.89. The third-order valence-electron chi connectivity index (χ3n) is 3.18. The van der Waals surface area contributed by atoms with Gasteiger partial charge in [0.05, 0.1) is 0 Å². The second-order valence-corrected chi connectivity index (χ2v) is 5.55. The van der Waals surface area contributed by atoms with Gasteiger partial charge in [-0.3, -0.25) is 10.1 Å². The SMILES string of the molecule is CCC(CC)c1nnc(NC(=O)c2ccc(F)c(F)c2)s1. The van der Waals surface area contributed by atoms with Crippen molar-refractivity contribution in [1.82, 2.24) is 10.2 Å². The molecule has 0 aliphatic rings. The first-order valence-electron chi connectivity index (χ1n) is 6.64. The summed E-state index contributed by atoms with van der Waals surface area (Å²) in [6.07, 6.45) is 1.89. The van der Waals surface area contributed by atoms with Gasteiger partial charge in [0.25, 0.3) is 5.91 Å². The maximum atomic E-state index is 13.1. The first kappa shape index (κ1) is 15.5. The number of nitrogens with zero attached hydrogens (tertiary/aromatic N) is 2. The fourth-order valence-corrected chi connectivity index (χ4v) is 2.90. The van der Waals surface area contributed by atoms with Crippen LogP contribution in [0.3, 0.4) is 0 Å². The van der Waals surface area contributed by atoms with E-state index in [-0.39, 0.29) is 5.56 Å². The second-order valence-electron chi connectivity index (χ2n) is 4.54. The minimum Gasteiger partial charge on any atom is -0.296 e. The Morgan fingerprint density at radius 3 is 2.57 bits per heavy atom. The predicted molar refractivity (Wildman–Crippen MR) is 77.5 cm³/mol. The van der Waals surface area contributed by atoms with E-state index in [1.54, 1.807) is 0 Å². The number of hydrogen-bond acceptors (Lipinski definition) is 4. The van der Waals surface area contributed by atoms with Crippen LogP contribution in [-0.4, -0.2) is 16.1 Å². The van der Waals surface area contributed by atoms with Crippen molar-refractivity contribution in [3.05, 3.63) is 40.4 Å². The minimum atomic E-state index is -1.06. The van der Waals surface area contributed by atoms with Crippen molar-refractivity contribution >= 4 is 22.4 Å². The third-order valence-corrected chi connectivity index (χ3v) is 4.18. The number of anilines is 1. The molecule has 0 aliphatic heterocycles. The predicted octanol–water partition coefficient (Wildman–Crippen LogP) is 3.97. The molecule has 0 spiro atoms. The van der Waals surface area contributed by atoms with Crippen molar-refractivity contribution in [3.8, 4) is 0 Å². The average Bonchev–Trinajstić information content (AvgIpc) is 2.91. The van der Waals surface area contributed by atoms with Gasteiger partial charge in [0.1, 0.15) is 5.01 Å². The zero-order chi connectivity index (χ0) is 15.4. The summed E-state index contributed by atoms with van der Waals surface area (Å²) < 4.78 is 25.9. The Morgan fingerprint density at radius 1 is 1.24 bits per heavy atom. The molecule has 7 heteroatoms. The van der Waals surface area contributed by atoms with Gasteiger partial charge in [-0.1, -0.05) is 25.2 Å². The van der Waals surface area contributed by atoms with Crippen LogP contribution in [-0.2, 0) is 0 Å².